The van der Waals surface area contributed by atoms with E-state index in [0.29, 0.717) is 24.1 Å². The lowest BCUT2D eigenvalue weighted by atomic mass is 9.92. The lowest BCUT2D eigenvalue weighted by Gasteiger charge is -2.37. The monoisotopic (exact) mass is 406 g/mol. The summed E-state index contributed by atoms with van der Waals surface area (Å²) in [5.74, 6) is -0.871. The number of carbonyl (C=O) groups excluding carboxylic acids is 2. The van der Waals surface area contributed by atoms with Gasteiger partial charge in [0, 0.05) is 12.7 Å². The minimum Gasteiger partial charge on any atom is -0.465 e. The van der Waals surface area contributed by atoms with Gasteiger partial charge in [0.05, 0.1) is 23.3 Å². The van der Waals surface area contributed by atoms with Crippen molar-refractivity contribution in [2.24, 2.45) is 11.8 Å². The number of benzene rings is 1. The van der Waals surface area contributed by atoms with Crippen LogP contribution in [-0.4, -0.2) is 39.6 Å². The second-order valence-electron chi connectivity index (χ2n) is 7.87. The minimum absolute atomic E-state index is 0.209. The number of fused-ring (bicyclic) bond motifs is 3. The summed E-state index contributed by atoms with van der Waals surface area (Å²) in [6.07, 6.45) is 2.48. The first-order valence-corrected chi connectivity index (χ1v) is 10.4. The third-order valence-electron chi connectivity index (χ3n) is 5.41. The maximum atomic E-state index is 13.6. The molecule has 0 fully saturated rings. The van der Waals surface area contributed by atoms with Crippen LogP contribution in [0.2, 0.25) is 0 Å². The van der Waals surface area contributed by atoms with Gasteiger partial charge >= 0.3 is 5.97 Å². The van der Waals surface area contributed by atoms with E-state index in [9.17, 15) is 9.59 Å². The van der Waals surface area contributed by atoms with Gasteiger partial charge < -0.3 is 4.74 Å². The number of para-hydroxylation sites is 2. The molecule has 0 aliphatic carbocycles. The van der Waals surface area contributed by atoms with E-state index >= 15 is 0 Å². The van der Waals surface area contributed by atoms with Gasteiger partial charge in [0.25, 0.3) is 0 Å². The van der Waals surface area contributed by atoms with Gasteiger partial charge in [-0.25, -0.2) is 4.98 Å². The van der Waals surface area contributed by atoms with Gasteiger partial charge in [-0.3, -0.25) is 24.0 Å². The maximum Gasteiger partial charge on any atom is 0.321 e. The van der Waals surface area contributed by atoms with Crippen LogP contribution in [0, 0.1) is 11.8 Å². The van der Waals surface area contributed by atoms with E-state index in [4.69, 9.17) is 9.72 Å². The molecule has 156 valence electrons. The van der Waals surface area contributed by atoms with Crippen molar-refractivity contribution in [3.8, 4) is 0 Å². The third kappa shape index (κ3) is 3.44. The Balaban J connectivity index is 1.95. The average molecular weight is 406 g/mol. The molecule has 0 saturated heterocycles. The number of carbonyl (C=O) groups is 2. The van der Waals surface area contributed by atoms with E-state index in [1.165, 1.54) is 0 Å². The Hall–Kier alpha value is -3.22. The highest BCUT2D eigenvalue weighted by Crippen LogP contribution is 2.40. The van der Waals surface area contributed by atoms with Gasteiger partial charge in [-0.05, 0) is 43.5 Å². The number of anilines is 1. The Morgan fingerprint density at radius 2 is 1.93 bits per heavy atom. The van der Waals surface area contributed by atoms with Crippen LogP contribution in [0.1, 0.15) is 38.9 Å². The first-order chi connectivity index (χ1) is 14.5. The van der Waals surface area contributed by atoms with Crippen molar-refractivity contribution in [2.45, 2.75) is 33.2 Å². The molecule has 1 aliphatic heterocycles. The van der Waals surface area contributed by atoms with Crippen LogP contribution in [-0.2, 0) is 14.3 Å². The molecule has 0 spiro atoms. The zero-order chi connectivity index (χ0) is 21.3. The Labute approximate surface area is 175 Å². The normalized spacial score (nSPS) is 18.7. The van der Waals surface area contributed by atoms with E-state index < -0.39 is 17.9 Å². The molecule has 2 atom stereocenters. The summed E-state index contributed by atoms with van der Waals surface area (Å²) in [6, 6.07) is 12.6. The summed E-state index contributed by atoms with van der Waals surface area (Å²) in [7, 11) is 0. The van der Waals surface area contributed by atoms with Crippen LogP contribution < -0.4 is 4.90 Å². The molecule has 0 N–H and O–H groups in total. The molecule has 3 aromatic rings. The fraction of sp³-hybridized carbons (Fsp3) is 0.391. The first-order valence-electron chi connectivity index (χ1n) is 10.4. The largest absolute Gasteiger partial charge is 0.465 e. The number of rotatable bonds is 6. The number of amides is 1. The molecule has 1 amide bonds. The summed E-state index contributed by atoms with van der Waals surface area (Å²) in [5.41, 5.74) is 2.27. The molecule has 0 unspecified atom stereocenters. The highest BCUT2D eigenvalue weighted by molar-refractivity contribution is 6.08. The van der Waals surface area contributed by atoms with E-state index in [2.05, 4.69) is 18.8 Å². The van der Waals surface area contributed by atoms with Crippen LogP contribution in [0.15, 0.2) is 48.7 Å². The number of nitrogens with zero attached hydrogens (tertiary/aromatic N) is 4. The molecular weight excluding hydrogens is 380 g/mol. The molecule has 1 aliphatic rings. The summed E-state index contributed by atoms with van der Waals surface area (Å²) < 4.78 is 7.31. The molecule has 3 heterocycles. The standard InChI is InChI=1S/C23H26N4O3/c1-4-30-22(29)19-20(17-10-7-8-13-24-17)27-18-11-6-5-9-16(18)25-23(27)26(21(19)28)14-12-15(2)3/h5-11,13,15,19-20H,4,12,14H2,1-3H3/t19-,20-/m0/s1. The van der Waals surface area contributed by atoms with E-state index in [0.717, 1.165) is 17.5 Å². The fourth-order valence-corrected chi connectivity index (χ4v) is 3.96. The fourth-order valence-electron chi connectivity index (χ4n) is 3.96. The third-order valence-corrected chi connectivity index (χ3v) is 5.41. The van der Waals surface area contributed by atoms with Crippen molar-refractivity contribution in [1.29, 1.82) is 0 Å². The minimum atomic E-state index is -1.02. The molecule has 4 rings (SSSR count). The summed E-state index contributed by atoms with van der Waals surface area (Å²) in [6.45, 7) is 6.66. The number of hydrogen-bond donors (Lipinski definition) is 0. The molecule has 0 radical (unpaired) electrons. The smallest absolute Gasteiger partial charge is 0.321 e. The second-order valence-corrected chi connectivity index (χ2v) is 7.87. The Morgan fingerprint density at radius 1 is 1.17 bits per heavy atom. The lowest BCUT2D eigenvalue weighted by molar-refractivity contribution is -0.153. The molecule has 7 nitrogen and oxygen atoms in total. The van der Waals surface area contributed by atoms with Crippen molar-refractivity contribution in [2.75, 3.05) is 18.1 Å². The average Bonchev–Trinajstić information content (AvgIpc) is 3.12. The molecule has 2 aromatic heterocycles. The molecule has 30 heavy (non-hydrogen) atoms. The van der Waals surface area contributed by atoms with E-state index in [1.54, 1.807) is 18.0 Å². The number of aromatic nitrogens is 3. The van der Waals surface area contributed by atoms with Gasteiger partial charge in [-0.15, -0.1) is 0 Å². The highest BCUT2D eigenvalue weighted by atomic mass is 16.5. The predicted octanol–water partition coefficient (Wildman–Crippen LogP) is 3.59. The summed E-state index contributed by atoms with van der Waals surface area (Å²) >= 11 is 0. The Bertz CT molecular complexity index is 1060. The van der Waals surface area contributed by atoms with Gasteiger partial charge in [-0.2, -0.15) is 0 Å². The van der Waals surface area contributed by atoms with Crippen LogP contribution in [0.3, 0.4) is 0 Å². The highest BCUT2D eigenvalue weighted by Gasteiger charge is 2.48. The van der Waals surface area contributed by atoms with Crippen molar-refractivity contribution < 1.29 is 14.3 Å². The van der Waals surface area contributed by atoms with E-state index in [-0.39, 0.29) is 12.5 Å². The zero-order valence-corrected chi connectivity index (χ0v) is 17.5. The van der Waals surface area contributed by atoms with Gasteiger partial charge in [0.1, 0.15) is 6.04 Å². The number of hydrogen-bond acceptors (Lipinski definition) is 5. The Morgan fingerprint density at radius 3 is 2.63 bits per heavy atom. The SMILES string of the molecule is CCOC(=O)[C@@H]1C(=O)N(CCC(C)C)c2nc3ccccc3n2[C@H]1c1ccccn1. The second kappa shape index (κ2) is 8.26. The van der Waals surface area contributed by atoms with Crippen molar-refractivity contribution >= 4 is 28.9 Å². The number of imidazole rings is 1. The van der Waals surface area contributed by atoms with Gasteiger partial charge in [-0.1, -0.05) is 32.0 Å². The van der Waals surface area contributed by atoms with Crippen LogP contribution in [0.5, 0.6) is 0 Å². The molecule has 0 saturated carbocycles. The van der Waals surface area contributed by atoms with Crippen molar-refractivity contribution in [1.82, 2.24) is 14.5 Å². The number of ether oxygens (including phenoxy) is 1. The molecule has 7 heteroatoms. The molecule has 0 bridgehead atoms. The number of esters is 1. The number of pyridine rings is 1. The van der Waals surface area contributed by atoms with E-state index in [1.807, 2.05) is 47.0 Å². The maximum absolute atomic E-state index is 13.6. The van der Waals surface area contributed by atoms with Crippen LogP contribution in [0.4, 0.5) is 5.95 Å². The van der Waals surface area contributed by atoms with Crippen molar-refractivity contribution in [3.05, 3.63) is 54.4 Å². The summed E-state index contributed by atoms with van der Waals surface area (Å²) in [5, 5.41) is 0. The quantitative estimate of drug-likeness (QED) is 0.462. The van der Waals surface area contributed by atoms with Crippen molar-refractivity contribution in [3.63, 3.8) is 0 Å². The van der Waals surface area contributed by atoms with Crippen LogP contribution in [0.25, 0.3) is 11.0 Å². The molecular formula is C23H26N4O3. The van der Waals surface area contributed by atoms with Crippen LogP contribution >= 0.6 is 0 Å². The lowest BCUT2D eigenvalue weighted by Crippen LogP contribution is -2.50. The predicted molar refractivity (Wildman–Crippen MR) is 114 cm³/mol. The Kier molecular flexibility index (Phi) is 5.53. The van der Waals surface area contributed by atoms with Gasteiger partial charge in [0.15, 0.2) is 5.92 Å². The summed E-state index contributed by atoms with van der Waals surface area (Å²) in [4.78, 5) is 37.5. The topological polar surface area (TPSA) is 77.3 Å². The zero-order valence-electron chi connectivity index (χ0n) is 17.5. The molecule has 1 aromatic carbocycles. The van der Waals surface area contributed by atoms with Gasteiger partial charge in [0.2, 0.25) is 11.9 Å². The first kappa shape index (κ1) is 20.1.